The van der Waals surface area contributed by atoms with E-state index in [0.717, 1.165) is 6.42 Å². The summed E-state index contributed by atoms with van der Waals surface area (Å²) in [6.07, 6.45) is 0.924. The van der Waals surface area contributed by atoms with Crippen molar-refractivity contribution >= 4 is 11.8 Å². The van der Waals surface area contributed by atoms with Crippen molar-refractivity contribution in [1.29, 1.82) is 0 Å². The Hall–Kier alpha value is -2.74. The Labute approximate surface area is 163 Å². The van der Waals surface area contributed by atoms with Gasteiger partial charge in [-0.3, -0.25) is 9.59 Å². The average Bonchev–Trinajstić information content (AvgIpc) is 3.16. The zero-order valence-corrected chi connectivity index (χ0v) is 16.0. The molecule has 0 spiro atoms. The second-order valence-electron chi connectivity index (χ2n) is 7.21. The predicted molar refractivity (Wildman–Crippen MR) is 99.2 cm³/mol. The molecule has 3 heterocycles. The molecule has 2 amide bonds. The van der Waals surface area contributed by atoms with Crippen LogP contribution in [-0.4, -0.2) is 64.1 Å². The van der Waals surface area contributed by atoms with E-state index < -0.39 is 6.10 Å². The number of amides is 2. The van der Waals surface area contributed by atoms with Gasteiger partial charge in [-0.25, -0.2) is 0 Å². The Morgan fingerprint density at radius 2 is 2.00 bits per heavy atom. The van der Waals surface area contributed by atoms with Crippen LogP contribution in [0.3, 0.4) is 0 Å². The van der Waals surface area contributed by atoms with E-state index >= 15 is 0 Å². The Bertz CT molecular complexity index is 865. The number of benzene rings is 1. The SMILES string of the molecule is Cc1noc(CCC(=O)N2CCOC(C(=O)N3CCc4ccccc4C3)C2)n1. The molecule has 28 heavy (non-hydrogen) atoms. The number of hydrogen-bond acceptors (Lipinski definition) is 6. The second kappa shape index (κ2) is 8.10. The summed E-state index contributed by atoms with van der Waals surface area (Å²) in [6, 6.07) is 8.19. The van der Waals surface area contributed by atoms with E-state index in [4.69, 9.17) is 9.26 Å². The predicted octanol–water partition coefficient (Wildman–Crippen LogP) is 1.12. The van der Waals surface area contributed by atoms with E-state index in [0.29, 0.717) is 50.9 Å². The maximum atomic E-state index is 12.9. The first-order valence-corrected chi connectivity index (χ1v) is 9.64. The maximum absolute atomic E-state index is 12.9. The van der Waals surface area contributed by atoms with Crippen molar-refractivity contribution in [2.45, 2.75) is 38.8 Å². The highest BCUT2D eigenvalue weighted by molar-refractivity contribution is 5.83. The average molecular weight is 384 g/mol. The summed E-state index contributed by atoms with van der Waals surface area (Å²) in [5.74, 6) is 0.946. The van der Waals surface area contributed by atoms with Crippen molar-refractivity contribution in [2.75, 3.05) is 26.2 Å². The van der Waals surface area contributed by atoms with Gasteiger partial charge in [-0.15, -0.1) is 0 Å². The van der Waals surface area contributed by atoms with Gasteiger partial charge >= 0.3 is 0 Å². The quantitative estimate of drug-likeness (QED) is 0.785. The minimum absolute atomic E-state index is 0.0269. The summed E-state index contributed by atoms with van der Waals surface area (Å²) >= 11 is 0. The molecular weight excluding hydrogens is 360 g/mol. The largest absolute Gasteiger partial charge is 0.365 e. The highest BCUT2D eigenvalue weighted by atomic mass is 16.5. The number of rotatable bonds is 4. The number of aromatic nitrogens is 2. The van der Waals surface area contributed by atoms with Crippen molar-refractivity contribution in [3.05, 3.63) is 47.1 Å². The molecule has 2 aromatic rings. The van der Waals surface area contributed by atoms with Crippen LogP contribution in [0.2, 0.25) is 0 Å². The molecule has 1 atom stereocenters. The molecule has 1 fully saturated rings. The lowest BCUT2D eigenvalue weighted by atomic mass is 9.99. The minimum atomic E-state index is -0.603. The van der Waals surface area contributed by atoms with Gasteiger partial charge < -0.3 is 19.1 Å². The van der Waals surface area contributed by atoms with E-state index in [1.807, 2.05) is 17.0 Å². The molecule has 1 aromatic carbocycles. The van der Waals surface area contributed by atoms with Crippen LogP contribution in [0.5, 0.6) is 0 Å². The molecular formula is C20H24N4O4. The van der Waals surface area contributed by atoms with Gasteiger partial charge in [0.2, 0.25) is 11.8 Å². The highest BCUT2D eigenvalue weighted by Gasteiger charge is 2.33. The fourth-order valence-corrected chi connectivity index (χ4v) is 3.73. The second-order valence-corrected chi connectivity index (χ2v) is 7.21. The Morgan fingerprint density at radius 3 is 2.79 bits per heavy atom. The molecule has 1 aromatic heterocycles. The molecule has 0 N–H and O–H groups in total. The Kier molecular flexibility index (Phi) is 5.38. The Morgan fingerprint density at radius 1 is 1.18 bits per heavy atom. The molecule has 2 aliphatic rings. The normalized spacial score (nSPS) is 19.4. The number of nitrogens with zero attached hydrogens (tertiary/aromatic N) is 4. The Balaban J connectivity index is 1.33. The van der Waals surface area contributed by atoms with Crippen LogP contribution in [0, 0.1) is 6.92 Å². The molecule has 0 saturated carbocycles. The molecule has 1 saturated heterocycles. The van der Waals surface area contributed by atoms with E-state index in [-0.39, 0.29) is 18.2 Å². The summed E-state index contributed by atoms with van der Waals surface area (Å²) in [6.45, 7) is 4.17. The molecule has 2 aliphatic heterocycles. The summed E-state index contributed by atoms with van der Waals surface area (Å²) < 4.78 is 10.8. The number of carbonyl (C=O) groups excluding carboxylic acids is 2. The van der Waals surface area contributed by atoms with Crippen molar-refractivity contribution < 1.29 is 18.8 Å². The summed E-state index contributed by atoms with van der Waals surface area (Å²) in [4.78, 5) is 33.1. The molecule has 148 valence electrons. The molecule has 0 aliphatic carbocycles. The lowest BCUT2D eigenvalue weighted by Crippen LogP contribution is -2.53. The van der Waals surface area contributed by atoms with E-state index in [9.17, 15) is 9.59 Å². The van der Waals surface area contributed by atoms with Gasteiger partial charge in [0.15, 0.2) is 11.9 Å². The third-order valence-electron chi connectivity index (χ3n) is 5.26. The minimum Gasteiger partial charge on any atom is -0.365 e. The number of ether oxygens (including phenoxy) is 1. The molecule has 8 nitrogen and oxygen atoms in total. The molecule has 0 bridgehead atoms. The third kappa shape index (κ3) is 4.06. The molecule has 1 unspecified atom stereocenters. The van der Waals surface area contributed by atoms with Crippen molar-refractivity contribution in [1.82, 2.24) is 19.9 Å². The topological polar surface area (TPSA) is 88.8 Å². The van der Waals surface area contributed by atoms with Crippen LogP contribution >= 0.6 is 0 Å². The van der Waals surface area contributed by atoms with E-state index in [2.05, 4.69) is 22.3 Å². The monoisotopic (exact) mass is 384 g/mol. The number of hydrogen-bond donors (Lipinski definition) is 0. The standard InChI is InChI=1S/C20H24N4O4/c1-14-21-18(28-22-14)6-7-19(25)23-10-11-27-17(13-23)20(26)24-9-8-15-4-2-3-5-16(15)12-24/h2-5,17H,6-13H2,1H3. The van der Waals surface area contributed by atoms with Crippen LogP contribution in [0.1, 0.15) is 29.3 Å². The lowest BCUT2D eigenvalue weighted by Gasteiger charge is -2.36. The molecule has 8 heteroatoms. The van der Waals surface area contributed by atoms with Gasteiger partial charge in [-0.05, 0) is 24.5 Å². The number of aryl methyl sites for hydroxylation is 2. The van der Waals surface area contributed by atoms with Gasteiger partial charge in [-0.1, -0.05) is 29.4 Å². The first-order chi connectivity index (χ1) is 13.6. The summed E-state index contributed by atoms with van der Waals surface area (Å²) in [7, 11) is 0. The van der Waals surface area contributed by atoms with Crippen molar-refractivity contribution in [3.8, 4) is 0 Å². The van der Waals surface area contributed by atoms with Crippen LogP contribution in [0.25, 0.3) is 0 Å². The van der Waals surface area contributed by atoms with Crippen LogP contribution < -0.4 is 0 Å². The van der Waals surface area contributed by atoms with Crippen LogP contribution in [-0.2, 0) is 33.7 Å². The van der Waals surface area contributed by atoms with Crippen LogP contribution in [0.4, 0.5) is 0 Å². The zero-order valence-electron chi connectivity index (χ0n) is 16.0. The fraction of sp³-hybridized carbons (Fsp3) is 0.500. The van der Waals surface area contributed by atoms with Crippen molar-refractivity contribution in [2.24, 2.45) is 0 Å². The number of fused-ring (bicyclic) bond motifs is 1. The van der Waals surface area contributed by atoms with Crippen molar-refractivity contribution in [3.63, 3.8) is 0 Å². The zero-order chi connectivity index (χ0) is 19.5. The molecule has 0 radical (unpaired) electrons. The maximum Gasteiger partial charge on any atom is 0.253 e. The van der Waals surface area contributed by atoms with E-state index in [1.54, 1.807) is 11.8 Å². The van der Waals surface area contributed by atoms with Gasteiger partial charge in [-0.2, -0.15) is 4.98 Å². The lowest BCUT2D eigenvalue weighted by molar-refractivity contribution is -0.155. The highest BCUT2D eigenvalue weighted by Crippen LogP contribution is 2.20. The summed E-state index contributed by atoms with van der Waals surface area (Å²) in [5.41, 5.74) is 2.48. The van der Waals surface area contributed by atoms with Gasteiger partial charge in [0.05, 0.1) is 13.2 Å². The van der Waals surface area contributed by atoms with E-state index in [1.165, 1.54) is 11.1 Å². The smallest absolute Gasteiger partial charge is 0.253 e. The summed E-state index contributed by atoms with van der Waals surface area (Å²) in [5, 5.41) is 3.73. The first kappa shape index (κ1) is 18.6. The third-order valence-corrected chi connectivity index (χ3v) is 5.26. The van der Waals surface area contributed by atoms with Gasteiger partial charge in [0, 0.05) is 32.5 Å². The fourth-order valence-electron chi connectivity index (χ4n) is 3.73. The number of morpholine rings is 1. The van der Waals surface area contributed by atoms with Gasteiger partial charge in [0.25, 0.3) is 5.91 Å². The molecule has 4 rings (SSSR count). The van der Waals surface area contributed by atoms with Crippen LogP contribution in [0.15, 0.2) is 28.8 Å². The van der Waals surface area contributed by atoms with Gasteiger partial charge in [0.1, 0.15) is 0 Å². The number of carbonyl (C=O) groups is 2. The first-order valence-electron chi connectivity index (χ1n) is 9.64.